The van der Waals surface area contributed by atoms with Crippen LogP contribution in [0.15, 0.2) is 60.2 Å². The quantitative estimate of drug-likeness (QED) is 0.223. The first kappa shape index (κ1) is 22.5. The Morgan fingerprint density at radius 1 is 1.11 bits per heavy atom. The first-order valence-electron chi connectivity index (χ1n) is 11.1. The van der Waals surface area contributed by atoms with Crippen LogP contribution in [0.5, 0.6) is 0 Å². The number of imide groups is 1. The lowest BCUT2D eigenvalue weighted by atomic mass is 9.82. The molecular weight excluding hydrogens is 454 g/mol. The van der Waals surface area contributed by atoms with E-state index < -0.39 is 23.4 Å². The molecule has 1 saturated carbocycles. The maximum atomic E-state index is 13.1. The van der Waals surface area contributed by atoms with Crippen LogP contribution in [0.2, 0.25) is 0 Å². The lowest BCUT2D eigenvalue weighted by Gasteiger charge is -2.19. The summed E-state index contributed by atoms with van der Waals surface area (Å²) in [6, 6.07) is 11.4. The van der Waals surface area contributed by atoms with E-state index in [1.165, 1.54) is 36.4 Å². The number of fused-ring (bicyclic) bond motifs is 5. The zero-order valence-corrected chi connectivity index (χ0v) is 18.7. The Morgan fingerprint density at radius 2 is 1.86 bits per heavy atom. The predicted molar refractivity (Wildman–Crippen MR) is 123 cm³/mol. The van der Waals surface area contributed by atoms with Crippen LogP contribution >= 0.6 is 0 Å². The van der Waals surface area contributed by atoms with Gasteiger partial charge in [0.1, 0.15) is 0 Å². The van der Waals surface area contributed by atoms with E-state index in [0.29, 0.717) is 5.69 Å². The highest BCUT2D eigenvalue weighted by Gasteiger charge is 2.60. The van der Waals surface area contributed by atoms with Gasteiger partial charge in [0, 0.05) is 17.8 Å². The third-order valence-electron chi connectivity index (χ3n) is 6.90. The molecule has 1 N–H and O–H groups in total. The Labute approximate surface area is 199 Å². The van der Waals surface area contributed by atoms with Crippen LogP contribution in [0.3, 0.4) is 0 Å². The van der Waals surface area contributed by atoms with E-state index in [1.54, 1.807) is 12.1 Å². The number of non-ortho nitro benzene ring substituents is 1. The average molecular weight is 475 g/mol. The van der Waals surface area contributed by atoms with E-state index >= 15 is 0 Å². The fourth-order valence-electron chi connectivity index (χ4n) is 5.41. The van der Waals surface area contributed by atoms with Crippen LogP contribution < -0.4 is 10.2 Å². The van der Waals surface area contributed by atoms with Crippen molar-refractivity contribution in [2.24, 2.45) is 23.7 Å². The second-order valence-electron chi connectivity index (χ2n) is 8.96. The Morgan fingerprint density at radius 3 is 2.63 bits per heavy atom. The van der Waals surface area contributed by atoms with Crippen molar-refractivity contribution in [3.8, 4) is 0 Å². The van der Waals surface area contributed by atoms with Crippen LogP contribution in [-0.4, -0.2) is 35.2 Å². The van der Waals surface area contributed by atoms with E-state index in [1.807, 2.05) is 6.92 Å². The lowest BCUT2D eigenvalue weighted by Crippen LogP contribution is -2.33. The molecule has 0 unspecified atom stereocenters. The highest BCUT2D eigenvalue weighted by atomic mass is 16.6. The van der Waals surface area contributed by atoms with Crippen LogP contribution in [0.4, 0.5) is 17.1 Å². The molecule has 1 heterocycles. The summed E-state index contributed by atoms with van der Waals surface area (Å²) in [7, 11) is 0. The minimum absolute atomic E-state index is 0.0733. The van der Waals surface area contributed by atoms with Gasteiger partial charge in [0.25, 0.3) is 11.6 Å². The fraction of sp³-hybridized carbons (Fsp3) is 0.280. The Kier molecular flexibility index (Phi) is 5.43. The molecule has 5 rings (SSSR count). The number of allylic oxidation sites excluding steroid dienone is 2. The van der Waals surface area contributed by atoms with Crippen LogP contribution in [0.1, 0.15) is 23.7 Å². The first-order chi connectivity index (χ1) is 16.7. The van der Waals surface area contributed by atoms with Gasteiger partial charge < -0.3 is 10.1 Å². The van der Waals surface area contributed by atoms with Gasteiger partial charge in [0.05, 0.1) is 28.0 Å². The van der Waals surface area contributed by atoms with Gasteiger partial charge in [-0.3, -0.25) is 24.5 Å². The van der Waals surface area contributed by atoms with Crippen molar-refractivity contribution in [1.82, 2.24) is 0 Å². The number of nitrogens with zero attached hydrogens (tertiary/aromatic N) is 2. The third kappa shape index (κ3) is 3.86. The fourth-order valence-corrected chi connectivity index (χ4v) is 5.41. The Balaban J connectivity index is 1.24. The molecule has 2 fully saturated rings. The van der Waals surface area contributed by atoms with Crippen molar-refractivity contribution in [2.45, 2.75) is 13.3 Å². The van der Waals surface area contributed by atoms with Gasteiger partial charge >= 0.3 is 5.97 Å². The van der Waals surface area contributed by atoms with Crippen LogP contribution in [0.25, 0.3) is 0 Å². The van der Waals surface area contributed by atoms with E-state index in [-0.39, 0.29) is 52.4 Å². The highest BCUT2D eigenvalue weighted by molar-refractivity contribution is 6.23. The minimum atomic E-state index is -0.807. The molecule has 1 saturated heterocycles. The maximum Gasteiger partial charge on any atom is 0.338 e. The molecule has 1 aliphatic heterocycles. The van der Waals surface area contributed by atoms with E-state index in [2.05, 4.69) is 11.4 Å². The van der Waals surface area contributed by atoms with Crippen LogP contribution in [0, 0.1) is 33.8 Å². The molecule has 3 amide bonds. The van der Waals surface area contributed by atoms with E-state index in [9.17, 15) is 29.3 Å². The number of anilines is 2. The number of hydrogen-bond acceptors (Lipinski definition) is 7. The summed E-state index contributed by atoms with van der Waals surface area (Å²) in [4.78, 5) is 62.3. The topological polar surface area (TPSA) is 136 Å². The standard InChI is InChI=1S/C25H21N3O7/c1-13-8-15-10-19(13)22-21(15)23(30)27(24(22)31)17-6-2-4-14(9-17)25(32)35-12-20(29)26-16-5-3-7-18(11-16)28(33)34/h2-9,11,15,19,21-22H,10,12H2,1H3,(H,26,29)/t15-,19+,21+,22-/m0/s1. The van der Waals surface area contributed by atoms with E-state index in [0.717, 1.165) is 16.9 Å². The maximum absolute atomic E-state index is 13.1. The largest absolute Gasteiger partial charge is 0.452 e. The number of carbonyl (C=O) groups excluding carboxylic acids is 4. The predicted octanol–water partition coefficient (Wildman–Crippen LogP) is 3.09. The molecule has 2 aromatic rings. The highest BCUT2D eigenvalue weighted by Crippen LogP contribution is 2.55. The van der Waals surface area contributed by atoms with Crippen molar-refractivity contribution in [2.75, 3.05) is 16.8 Å². The molecule has 0 spiro atoms. The SMILES string of the molecule is CC1=C[C@H]2C[C@H]1[C@@H]1C(=O)N(c3cccc(C(=O)OCC(=O)Nc4cccc([N+](=O)[O-])c4)c3)C(=O)[C@@H]12. The molecule has 178 valence electrons. The number of ether oxygens (including phenoxy) is 1. The van der Waals surface area contributed by atoms with Crippen molar-refractivity contribution < 1.29 is 28.8 Å². The van der Waals surface area contributed by atoms with Crippen LogP contribution in [-0.2, 0) is 19.1 Å². The van der Waals surface area contributed by atoms with Crippen molar-refractivity contribution in [3.63, 3.8) is 0 Å². The van der Waals surface area contributed by atoms with E-state index in [4.69, 9.17) is 4.74 Å². The Bertz CT molecular complexity index is 1320. The summed E-state index contributed by atoms with van der Waals surface area (Å²) in [5.74, 6) is -2.54. The number of benzene rings is 2. The zero-order chi connectivity index (χ0) is 24.9. The summed E-state index contributed by atoms with van der Waals surface area (Å²) >= 11 is 0. The van der Waals surface area contributed by atoms with Gasteiger partial charge in [-0.1, -0.05) is 23.8 Å². The summed E-state index contributed by atoms with van der Waals surface area (Å²) < 4.78 is 5.06. The summed E-state index contributed by atoms with van der Waals surface area (Å²) in [5, 5.41) is 13.3. The molecule has 0 aromatic heterocycles. The van der Waals surface area contributed by atoms with Crippen molar-refractivity contribution in [3.05, 3.63) is 75.9 Å². The Hall–Kier alpha value is -4.34. The molecule has 0 radical (unpaired) electrons. The number of hydrogen-bond donors (Lipinski definition) is 1. The lowest BCUT2D eigenvalue weighted by molar-refractivity contribution is -0.384. The molecule has 3 aliphatic rings. The summed E-state index contributed by atoms with van der Waals surface area (Å²) in [6.45, 7) is 1.37. The average Bonchev–Trinajstić information content (AvgIpc) is 3.47. The normalized spacial score (nSPS) is 24.3. The van der Waals surface area contributed by atoms with Gasteiger partial charge in [0.15, 0.2) is 6.61 Å². The van der Waals surface area contributed by atoms with Crippen molar-refractivity contribution in [1.29, 1.82) is 0 Å². The molecule has 35 heavy (non-hydrogen) atoms. The molecule has 10 heteroatoms. The number of esters is 1. The number of nitro groups is 1. The minimum Gasteiger partial charge on any atom is -0.452 e. The molecule has 10 nitrogen and oxygen atoms in total. The summed E-state index contributed by atoms with van der Waals surface area (Å²) in [5.41, 5.74) is 1.53. The third-order valence-corrected chi connectivity index (χ3v) is 6.90. The number of rotatable bonds is 6. The van der Waals surface area contributed by atoms with Gasteiger partial charge in [-0.15, -0.1) is 0 Å². The second-order valence-corrected chi connectivity index (χ2v) is 8.96. The monoisotopic (exact) mass is 475 g/mol. The molecular formula is C25H21N3O7. The number of nitrogens with one attached hydrogen (secondary N) is 1. The van der Waals surface area contributed by atoms with Gasteiger partial charge in [-0.25, -0.2) is 9.69 Å². The molecule has 4 atom stereocenters. The molecule has 2 aliphatic carbocycles. The molecule has 2 bridgehead atoms. The first-order valence-corrected chi connectivity index (χ1v) is 11.1. The summed E-state index contributed by atoms with van der Waals surface area (Å²) in [6.07, 6.45) is 2.92. The zero-order valence-electron chi connectivity index (χ0n) is 18.7. The van der Waals surface area contributed by atoms with Gasteiger partial charge in [0.2, 0.25) is 11.8 Å². The number of amides is 3. The number of carbonyl (C=O) groups is 4. The second kappa shape index (κ2) is 8.46. The smallest absolute Gasteiger partial charge is 0.338 e. The number of nitro benzene ring substituents is 1. The van der Waals surface area contributed by atoms with Gasteiger partial charge in [-0.2, -0.15) is 0 Å². The van der Waals surface area contributed by atoms with Gasteiger partial charge in [-0.05, 0) is 49.4 Å². The molecule has 2 aromatic carbocycles. The van der Waals surface area contributed by atoms with Crippen molar-refractivity contribution >= 4 is 40.8 Å².